The maximum atomic E-state index is 12.3. The van der Waals surface area contributed by atoms with Crippen molar-refractivity contribution in [1.29, 1.82) is 0 Å². The van der Waals surface area contributed by atoms with Crippen molar-refractivity contribution < 1.29 is 14.7 Å². The van der Waals surface area contributed by atoms with Gasteiger partial charge in [0.2, 0.25) is 0 Å². The van der Waals surface area contributed by atoms with E-state index in [2.05, 4.69) is 0 Å². The fourth-order valence-corrected chi connectivity index (χ4v) is 3.56. The van der Waals surface area contributed by atoms with E-state index >= 15 is 0 Å². The third kappa shape index (κ3) is 2.41. The Labute approximate surface area is 104 Å². The highest BCUT2D eigenvalue weighted by Gasteiger charge is 2.35. The van der Waals surface area contributed by atoms with Gasteiger partial charge in [-0.15, -0.1) is 11.3 Å². The maximum absolute atomic E-state index is 12.3. The molecule has 1 aromatic rings. The van der Waals surface area contributed by atoms with Crippen LogP contribution in [0, 0.1) is 25.7 Å². The Balaban J connectivity index is 2.12. The molecule has 0 saturated heterocycles. The summed E-state index contributed by atoms with van der Waals surface area (Å²) < 4.78 is 0. The number of carboxylic acids is 1. The molecule has 3 nitrogen and oxygen atoms in total. The molecule has 4 heteroatoms. The first kappa shape index (κ1) is 12.3. The quantitative estimate of drug-likeness (QED) is 0.841. The minimum atomic E-state index is -0.764. The molecule has 1 saturated carbocycles. The lowest BCUT2D eigenvalue weighted by Crippen LogP contribution is -2.14. The van der Waals surface area contributed by atoms with Gasteiger partial charge in [-0.1, -0.05) is 0 Å². The predicted molar refractivity (Wildman–Crippen MR) is 66.6 cm³/mol. The number of Topliss-reactive ketones (excluding diaryl/α,β-unsaturated/α-hetero) is 1. The van der Waals surface area contributed by atoms with E-state index in [9.17, 15) is 9.59 Å². The second-order valence-electron chi connectivity index (χ2n) is 4.78. The molecule has 92 valence electrons. The lowest BCUT2D eigenvalue weighted by molar-refractivity contribution is -0.141. The van der Waals surface area contributed by atoms with Crippen molar-refractivity contribution in [3.05, 3.63) is 21.4 Å². The number of carbonyl (C=O) groups is 2. The van der Waals surface area contributed by atoms with Gasteiger partial charge in [0.05, 0.1) is 10.8 Å². The molecule has 1 heterocycles. The second-order valence-corrected chi connectivity index (χ2v) is 6.03. The van der Waals surface area contributed by atoms with Crippen LogP contribution >= 0.6 is 11.3 Å². The van der Waals surface area contributed by atoms with Crippen LogP contribution < -0.4 is 0 Å². The molecule has 0 aromatic carbocycles. The van der Waals surface area contributed by atoms with Crippen LogP contribution in [0.5, 0.6) is 0 Å². The van der Waals surface area contributed by atoms with Crippen LogP contribution in [0.1, 0.15) is 39.4 Å². The van der Waals surface area contributed by atoms with Crippen molar-refractivity contribution in [2.45, 2.75) is 33.1 Å². The van der Waals surface area contributed by atoms with Gasteiger partial charge in [0.25, 0.3) is 0 Å². The number of hydrogen-bond acceptors (Lipinski definition) is 3. The van der Waals surface area contributed by atoms with Crippen LogP contribution in [-0.4, -0.2) is 16.9 Å². The van der Waals surface area contributed by atoms with Gasteiger partial charge in [0, 0.05) is 10.8 Å². The van der Waals surface area contributed by atoms with E-state index in [4.69, 9.17) is 5.11 Å². The number of carboxylic acid groups (broad SMARTS) is 1. The van der Waals surface area contributed by atoms with Gasteiger partial charge in [-0.3, -0.25) is 9.59 Å². The number of carbonyl (C=O) groups excluding carboxylic acids is 1. The van der Waals surface area contributed by atoms with Crippen molar-refractivity contribution in [3.63, 3.8) is 0 Å². The molecule has 1 aromatic heterocycles. The molecular weight excluding hydrogens is 236 g/mol. The molecular formula is C13H16O3S. The Hall–Kier alpha value is -1.16. The average molecular weight is 252 g/mol. The van der Waals surface area contributed by atoms with Gasteiger partial charge >= 0.3 is 5.97 Å². The van der Waals surface area contributed by atoms with Gasteiger partial charge in [-0.05, 0) is 44.7 Å². The van der Waals surface area contributed by atoms with Crippen LogP contribution in [0.3, 0.4) is 0 Å². The number of aryl methyl sites for hydroxylation is 2. The molecule has 0 radical (unpaired) electrons. The summed E-state index contributed by atoms with van der Waals surface area (Å²) in [5.74, 6) is -1.04. The SMILES string of the molecule is Cc1cc(C)c(C(=O)C2CCC(C(=O)O)C2)s1. The maximum Gasteiger partial charge on any atom is 0.306 e. The molecule has 1 aliphatic rings. The van der Waals surface area contributed by atoms with E-state index in [0.29, 0.717) is 19.3 Å². The first-order chi connectivity index (χ1) is 7.99. The van der Waals surface area contributed by atoms with E-state index in [1.165, 1.54) is 11.3 Å². The Morgan fingerprint density at radius 1 is 1.29 bits per heavy atom. The molecule has 0 aliphatic heterocycles. The van der Waals surface area contributed by atoms with Crippen LogP contribution in [0.2, 0.25) is 0 Å². The predicted octanol–water partition coefficient (Wildman–Crippen LogP) is 3.05. The number of ketones is 1. The summed E-state index contributed by atoms with van der Waals surface area (Å²) in [6.45, 7) is 3.93. The zero-order valence-electron chi connectivity index (χ0n) is 10.0. The highest BCUT2D eigenvalue weighted by Crippen LogP contribution is 2.35. The fraction of sp³-hybridized carbons (Fsp3) is 0.538. The monoisotopic (exact) mass is 252 g/mol. The Morgan fingerprint density at radius 3 is 2.41 bits per heavy atom. The van der Waals surface area contributed by atoms with Crippen LogP contribution in [0.15, 0.2) is 6.07 Å². The normalized spacial score (nSPS) is 23.9. The average Bonchev–Trinajstić information content (AvgIpc) is 2.84. The van der Waals surface area contributed by atoms with Crippen LogP contribution in [0.25, 0.3) is 0 Å². The van der Waals surface area contributed by atoms with Gasteiger partial charge in [-0.25, -0.2) is 0 Å². The zero-order chi connectivity index (χ0) is 12.6. The molecule has 1 fully saturated rings. The summed E-state index contributed by atoms with van der Waals surface area (Å²) in [7, 11) is 0. The Morgan fingerprint density at radius 2 is 1.94 bits per heavy atom. The summed E-state index contributed by atoms with van der Waals surface area (Å²) >= 11 is 1.52. The summed E-state index contributed by atoms with van der Waals surface area (Å²) in [6, 6.07) is 2.02. The number of rotatable bonds is 3. The van der Waals surface area contributed by atoms with Gasteiger partial charge < -0.3 is 5.11 Å². The largest absolute Gasteiger partial charge is 0.481 e. The first-order valence-corrected chi connectivity index (χ1v) is 6.64. The lowest BCUT2D eigenvalue weighted by atomic mass is 9.98. The van der Waals surface area contributed by atoms with E-state index in [1.807, 2.05) is 19.9 Å². The van der Waals surface area contributed by atoms with Gasteiger partial charge in [0.15, 0.2) is 5.78 Å². The zero-order valence-corrected chi connectivity index (χ0v) is 10.8. The fourth-order valence-electron chi connectivity index (χ4n) is 2.52. The molecule has 17 heavy (non-hydrogen) atoms. The molecule has 0 spiro atoms. The summed E-state index contributed by atoms with van der Waals surface area (Å²) in [5.41, 5.74) is 1.02. The van der Waals surface area contributed by atoms with Crippen molar-refractivity contribution >= 4 is 23.1 Å². The summed E-state index contributed by atoms with van der Waals surface area (Å²) in [5, 5.41) is 8.93. The standard InChI is InChI=1S/C13H16O3S/c1-7-5-8(2)17-12(7)11(14)9-3-4-10(6-9)13(15)16/h5,9-10H,3-4,6H2,1-2H3,(H,15,16). The summed E-state index contributed by atoms with van der Waals surface area (Å²) in [4.78, 5) is 25.1. The lowest BCUT2D eigenvalue weighted by Gasteiger charge is -2.07. The second kappa shape index (κ2) is 4.61. The third-order valence-corrected chi connectivity index (χ3v) is 4.58. The van der Waals surface area contributed by atoms with Crippen molar-refractivity contribution in [2.75, 3.05) is 0 Å². The highest BCUT2D eigenvalue weighted by molar-refractivity contribution is 7.14. The van der Waals surface area contributed by atoms with Gasteiger partial charge in [0.1, 0.15) is 0 Å². The molecule has 1 N–H and O–H groups in total. The number of hydrogen-bond donors (Lipinski definition) is 1. The van der Waals surface area contributed by atoms with Gasteiger partial charge in [-0.2, -0.15) is 0 Å². The smallest absolute Gasteiger partial charge is 0.306 e. The Bertz CT molecular complexity index is 461. The third-order valence-electron chi connectivity index (χ3n) is 3.42. The molecule has 0 amide bonds. The highest BCUT2D eigenvalue weighted by atomic mass is 32.1. The first-order valence-electron chi connectivity index (χ1n) is 5.83. The topological polar surface area (TPSA) is 54.4 Å². The molecule has 2 unspecified atom stereocenters. The molecule has 0 bridgehead atoms. The van der Waals surface area contributed by atoms with Crippen LogP contribution in [-0.2, 0) is 4.79 Å². The van der Waals surface area contributed by atoms with Crippen molar-refractivity contribution in [2.24, 2.45) is 11.8 Å². The minimum absolute atomic E-state index is 0.0900. The number of aliphatic carboxylic acids is 1. The minimum Gasteiger partial charge on any atom is -0.481 e. The molecule has 2 rings (SSSR count). The molecule has 2 atom stereocenters. The van der Waals surface area contributed by atoms with Crippen molar-refractivity contribution in [3.8, 4) is 0 Å². The summed E-state index contributed by atoms with van der Waals surface area (Å²) in [6.07, 6.45) is 1.85. The van der Waals surface area contributed by atoms with E-state index in [0.717, 1.165) is 15.3 Å². The van der Waals surface area contributed by atoms with Crippen molar-refractivity contribution in [1.82, 2.24) is 0 Å². The Kier molecular flexibility index (Phi) is 3.33. The van der Waals surface area contributed by atoms with E-state index < -0.39 is 5.97 Å². The van der Waals surface area contributed by atoms with E-state index in [1.54, 1.807) is 0 Å². The van der Waals surface area contributed by atoms with E-state index in [-0.39, 0.29) is 17.6 Å². The molecule has 1 aliphatic carbocycles. The number of thiophene rings is 1. The van der Waals surface area contributed by atoms with Crippen LogP contribution in [0.4, 0.5) is 0 Å².